The van der Waals surface area contributed by atoms with E-state index < -0.39 is 0 Å². The summed E-state index contributed by atoms with van der Waals surface area (Å²) in [6.07, 6.45) is 11.6. The van der Waals surface area contributed by atoms with Gasteiger partial charge >= 0.3 is 0 Å². The molecule has 1 aliphatic heterocycles. The number of nitrogens with zero attached hydrogens (tertiary/aromatic N) is 1. The molecule has 102 valence electrons. The molecule has 0 radical (unpaired) electrons. The second-order valence-corrected chi connectivity index (χ2v) is 7.02. The summed E-state index contributed by atoms with van der Waals surface area (Å²) >= 11 is 1.95. The van der Waals surface area contributed by atoms with Gasteiger partial charge in [-0.05, 0) is 37.9 Å². The van der Waals surface area contributed by atoms with Gasteiger partial charge in [0.25, 0.3) is 0 Å². The number of rotatable bonds is 3. The maximum absolute atomic E-state index is 12.2. The minimum atomic E-state index is 0.345. The van der Waals surface area contributed by atoms with Crippen molar-refractivity contribution in [1.82, 2.24) is 10.2 Å². The van der Waals surface area contributed by atoms with Crippen LogP contribution in [0, 0.1) is 5.92 Å². The summed E-state index contributed by atoms with van der Waals surface area (Å²) in [6, 6.07) is 0.494. The third-order valence-corrected chi connectivity index (χ3v) is 6.13. The van der Waals surface area contributed by atoms with E-state index in [4.69, 9.17) is 0 Å². The number of amides is 1. The van der Waals surface area contributed by atoms with Crippen LogP contribution in [0.25, 0.3) is 0 Å². The number of nitrogens with one attached hydrogen (secondary N) is 1. The molecule has 1 heterocycles. The topological polar surface area (TPSA) is 32.3 Å². The highest BCUT2D eigenvalue weighted by molar-refractivity contribution is 7.99. The Hall–Kier alpha value is -0.220. The molecule has 0 aromatic carbocycles. The van der Waals surface area contributed by atoms with Crippen molar-refractivity contribution in [2.24, 2.45) is 5.92 Å². The fourth-order valence-corrected chi connectivity index (χ4v) is 5.08. The number of hydrogen-bond acceptors (Lipinski definition) is 3. The first-order chi connectivity index (χ1) is 8.81. The molecule has 0 aromatic rings. The van der Waals surface area contributed by atoms with E-state index in [1.807, 2.05) is 11.8 Å². The van der Waals surface area contributed by atoms with E-state index in [0.717, 1.165) is 0 Å². The van der Waals surface area contributed by atoms with Crippen LogP contribution in [0.15, 0.2) is 0 Å². The van der Waals surface area contributed by atoms with Gasteiger partial charge in [-0.3, -0.25) is 10.1 Å². The number of hydrogen-bond donors (Lipinski definition) is 1. The van der Waals surface area contributed by atoms with Crippen molar-refractivity contribution in [3.63, 3.8) is 0 Å². The Morgan fingerprint density at radius 1 is 1.17 bits per heavy atom. The van der Waals surface area contributed by atoms with Crippen molar-refractivity contribution in [1.29, 1.82) is 0 Å². The Labute approximate surface area is 114 Å². The maximum atomic E-state index is 12.2. The molecule has 0 spiro atoms. The predicted molar refractivity (Wildman–Crippen MR) is 75.5 cm³/mol. The van der Waals surface area contributed by atoms with Crippen LogP contribution in [-0.2, 0) is 4.79 Å². The van der Waals surface area contributed by atoms with Gasteiger partial charge in [-0.1, -0.05) is 19.3 Å². The van der Waals surface area contributed by atoms with Crippen molar-refractivity contribution < 1.29 is 4.79 Å². The van der Waals surface area contributed by atoms with Gasteiger partial charge in [0.15, 0.2) is 0 Å². The molecule has 3 atom stereocenters. The zero-order chi connectivity index (χ0) is 12.5. The number of carbonyl (C=O) groups is 1. The van der Waals surface area contributed by atoms with Crippen LogP contribution in [0.1, 0.15) is 44.9 Å². The Bertz CT molecular complexity index is 317. The van der Waals surface area contributed by atoms with Crippen LogP contribution in [-0.4, -0.2) is 41.1 Å². The maximum Gasteiger partial charge on any atom is 0.238 e. The summed E-state index contributed by atoms with van der Waals surface area (Å²) in [7, 11) is 0. The summed E-state index contributed by atoms with van der Waals surface area (Å²) in [5, 5.41) is 4.15. The predicted octanol–water partition coefficient (Wildman–Crippen LogP) is 2.22. The van der Waals surface area contributed by atoms with Gasteiger partial charge in [-0.2, -0.15) is 11.8 Å². The normalized spacial score (nSPS) is 37.9. The average Bonchev–Trinajstić information content (AvgIpc) is 3.07. The van der Waals surface area contributed by atoms with Gasteiger partial charge in [-0.25, -0.2) is 0 Å². The molecule has 3 rings (SSSR count). The van der Waals surface area contributed by atoms with Gasteiger partial charge in [0, 0.05) is 11.3 Å². The minimum Gasteiger partial charge on any atom is -0.322 e. The van der Waals surface area contributed by atoms with Crippen molar-refractivity contribution in [2.75, 3.05) is 12.8 Å². The summed E-state index contributed by atoms with van der Waals surface area (Å²) in [4.78, 5) is 14.5. The summed E-state index contributed by atoms with van der Waals surface area (Å²) in [6.45, 7) is 0.568. The lowest BCUT2D eigenvalue weighted by molar-refractivity contribution is -0.130. The molecular formula is C14H24N2OS. The van der Waals surface area contributed by atoms with Crippen molar-refractivity contribution in [2.45, 2.75) is 62.4 Å². The molecule has 0 bridgehead atoms. The van der Waals surface area contributed by atoms with E-state index in [1.165, 1.54) is 44.9 Å². The van der Waals surface area contributed by atoms with Gasteiger partial charge in [0.2, 0.25) is 5.91 Å². The second-order valence-electron chi connectivity index (χ2n) is 5.94. The monoisotopic (exact) mass is 268 g/mol. The molecule has 2 aliphatic carbocycles. The van der Waals surface area contributed by atoms with E-state index in [2.05, 4.69) is 16.5 Å². The van der Waals surface area contributed by atoms with Crippen molar-refractivity contribution in [3.8, 4) is 0 Å². The summed E-state index contributed by atoms with van der Waals surface area (Å²) in [5.41, 5.74) is 0. The fraction of sp³-hybridized carbons (Fsp3) is 0.929. The smallest absolute Gasteiger partial charge is 0.238 e. The van der Waals surface area contributed by atoms with Crippen molar-refractivity contribution >= 4 is 17.7 Å². The third kappa shape index (κ3) is 2.18. The first-order valence-corrected chi connectivity index (χ1v) is 8.67. The second kappa shape index (κ2) is 5.41. The van der Waals surface area contributed by atoms with Gasteiger partial charge in [0.05, 0.1) is 12.7 Å². The highest BCUT2D eigenvalue weighted by Crippen LogP contribution is 2.38. The van der Waals surface area contributed by atoms with Crippen LogP contribution in [0.5, 0.6) is 0 Å². The van der Waals surface area contributed by atoms with Crippen LogP contribution >= 0.6 is 11.8 Å². The summed E-state index contributed by atoms with van der Waals surface area (Å²) < 4.78 is 0. The molecule has 3 unspecified atom stereocenters. The molecular weight excluding hydrogens is 244 g/mol. The highest BCUT2D eigenvalue weighted by atomic mass is 32.2. The van der Waals surface area contributed by atoms with E-state index in [-0.39, 0.29) is 0 Å². The SMILES string of the molecule is CSC1CCCC1N1C(=O)CNC1C1CCCC1. The lowest BCUT2D eigenvalue weighted by atomic mass is 10.0. The van der Waals surface area contributed by atoms with E-state index in [1.54, 1.807) is 0 Å². The molecule has 0 aromatic heterocycles. The Morgan fingerprint density at radius 3 is 2.67 bits per heavy atom. The quantitative estimate of drug-likeness (QED) is 0.852. The summed E-state index contributed by atoms with van der Waals surface area (Å²) in [5.74, 6) is 1.05. The van der Waals surface area contributed by atoms with Crippen molar-refractivity contribution in [3.05, 3.63) is 0 Å². The Balaban J connectivity index is 1.76. The zero-order valence-corrected chi connectivity index (χ0v) is 12.0. The first kappa shape index (κ1) is 12.8. The molecule has 1 saturated heterocycles. The molecule has 1 N–H and O–H groups in total. The molecule has 1 amide bonds. The first-order valence-electron chi connectivity index (χ1n) is 7.38. The number of carbonyl (C=O) groups excluding carboxylic acids is 1. The molecule has 18 heavy (non-hydrogen) atoms. The lowest BCUT2D eigenvalue weighted by Gasteiger charge is -2.36. The third-order valence-electron chi connectivity index (χ3n) is 4.97. The average molecular weight is 268 g/mol. The van der Waals surface area contributed by atoms with Crippen LogP contribution in [0.2, 0.25) is 0 Å². The van der Waals surface area contributed by atoms with Gasteiger partial charge in [0.1, 0.15) is 0 Å². The zero-order valence-electron chi connectivity index (χ0n) is 11.2. The number of thioether (sulfide) groups is 1. The molecule has 3 fully saturated rings. The minimum absolute atomic E-state index is 0.345. The van der Waals surface area contributed by atoms with Crippen LogP contribution in [0.4, 0.5) is 0 Å². The molecule has 3 nitrogen and oxygen atoms in total. The standard InChI is InChI=1S/C14H24N2OS/c1-18-12-8-4-7-11(12)16-13(17)9-15-14(16)10-5-2-3-6-10/h10-12,14-15H,2-9H2,1H3. The Kier molecular flexibility index (Phi) is 3.85. The van der Waals surface area contributed by atoms with Crippen LogP contribution in [0.3, 0.4) is 0 Å². The molecule has 4 heteroatoms. The van der Waals surface area contributed by atoms with Crippen LogP contribution < -0.4 is 5.32 Å². The Morgan fingerprint density at radius 2 is 1.94 bits per heavy atom. The van der Waals surface area contributed by atoms with E-state index >= 15 is 0 Å². The van der Waals surface area contributed by atoms with Gasteiger partial charge in [-0.15, -0.1) is 0 Å². The highest BCUT2D eigenvalue weighted by Gasteiger charge is 2.44. The fourth-order valence-electron chi connectivity index (χ4n) is 4.09. The molecule has 3 aliphatic rings. The van der Waals surface area contributed by atoms with E-state index in [9.17, 15) is 4.79 Å². The lowest BCUT2D eigenvalue weighted by Crippen LogP contribution is -2.50. The molecule has 2 saturated carbocycles. The van der Waals surface area contributed by atoms with Gasteiger partial charge < -0.3 is 4.90 Å². The largest absolute Gasteiger partial charge is 0.322 e. The van der Waals surface area contributed by atoms with E-state index in [0.29, 0.717) is 35.8 Å².